The maximum absolute atomic E-state index is 7.56. The zero-order chi connectivity index (χ0) is 31.1. The fourth-order valence-corrected chi connectivity index (χ4v) is 8.46. The number of thiophene rings is 1. The molecule has 0 bridgehead atoms. The predicted molar refractivity (Wildman–Crippen MR) is 198 cm³/mol. The molecule has 6 aromatic carbocycles. The van der Waals surface area contributed by atoms with Gasteiger partial charge in [0.05, 0.1) is 34.2 Å². The first-order chi connectivity index (χ1) is 23.3. The van der Waals surface area contributed by atoms with Crippen LogP contribution in [0, 0.1) is 6.57 Å². The van der Waals surface area contributed by atoms with E-state index in [2.05, 4.69) is 135 Å². The van der Waals surface area contributed by atoms with Gasteiger partial charge in [0.25, 0.3) is 0 Å². The van der Waals surface area contributed by atoms with E-state index in [0.29, 0.717) is 5.69 Å². The molecule has 5 heteroatoms. The van der Waals surface area contributed by atoms with E-state index in [0.717, 1.165) is 60.7 Å². The van der Waals surface area contributed by atoms with Crippen molar-refractivity contribution < 1.29 is 0 Å². The summed E-state index contributed by atoms with van der Waals surface area (Å²) >= 11 is 1.84. The topological polar surface area (TPSA) is 27.1 Å². The molecule has 10 aromatic rings. The van der Waals surface area contributed by atoms with Crippen molar-refractivity contribution in [3.05, 3.63) is 157 Å². The molecular weight excluding hydrogens is 593 g/mol. The SMILES string of the molecule is [C-]#[N+]c1ccc2c(c1)c1ccccc1n2-c1cccc(-c2cccc(-n3c4cccnc4c4ccc5sc6ccccc6c5c43)c2)c1. The Labute approximate surface area is 273 Å². The largest absolute Gasteiger partial charge is 0.309 e. The molecule has 0 amide bonds. The Hall–Kier alpha value is -6.22. The number of benzene rings is 6. The first-order valence-corrected chi connectivity index (χ1v) is 16.4. The maximum atomic E-state index is 7.56. The number of fused-ring (bicyclic) bond motifs is 10. The Morgan fingerprint density at radius 1 is 0.532 bits per heavy atom. The Kier molecular flexibility index (Phi) is 5.48. The lowest BCUT2D eigenvalue weighted by atomic mass is 10.0. The van der Waals surface area contributed by atoms with Gasteiger partial charge in [-0.1, -0.05) is 66.7 Å². The van der Waals surface area contributed by atoms with Crippen molar-refractivity contribution in [2.75, 3.05) is 0 Å². The number of hydrogen-bond donors (Lipinski definition) is 0. The van der Waals surface area contributed by atoms with Gasteiger partial charge in [0, 0.05) is 48.5 Å². The van der Waals surface area contributed by atoms with Crippen LogP contribution >= 0.6 is 11.3 Å². The third-order valence-electron chi connectivity index (χ3n) is 9.35. The standard InChI is InChI=1S/C42H24N4S/c1-43-28-18-20-36-34(25-28)31-13-2-4-15-35(31)45(36)29-11-6-9-26(23-29)27-10-7-12-30(24-27)46-37-16-8-22-44-41(37)33-19-21-39-40(42(33)46)32-14-3-5-17-38(32)47-39/h2-25H. The van der Waals surface area contributed by atoms with Crippen LogP contribution in [0.1, 0.15) is 0 Å². The second-order valence-corrected chi connectivity index (χ2v) is 13.0. The van der Waals surface area contributed by atoms with Crippen LogP contribution in [-0.2, 0) is 0 Å². The minimum absolute atomic E-state index is 0.652. The van der Waals surface area contributed by atoms with Crippen LogP contribution in [0.5, 0.6) is 0 Å². The third kappa shape index (κ3) is 3.77. The Morgan fingerprint density at radius 3 is 2.09 bits per heavy atom. The molecule has 10 rings (SSSR count). The highest BCUT2D eigenvalue weighted by molar-refractivity contribution is 7.26. The average Bonchev–Trinajstić information content (AvgIpc) is 3.79. The molecule has 0 N–H and O–H groups in total. The first kappa shape index (κ1) is 26.0. The zero-order valence-electron chi connectivity index (χ0n) is 25.1. The van der Waals surface area contributed by atoms with Crippen LogP contribution in [0.15, 0.2) is 146 Å². The molecule has 4 heterocycles. The molecule has 0 saturated heterocycles. The van der Waals surface area contributed by atoms with E-state index in [1.54, 1.807) is 0 Å². The fraction of sp³-hybridized carbons (Fsp3) is 0. The third-order valence-corrected chi connectivity index (χ3v) is 10.5. The van der Waals surface area contributed by atoms with Crippen molar-refractivity contribution in [3.8, 4) is 22.5 Å². The van der Waals surface area contributed by atoms with Crippen LogP contribution in [-0.4, -0.2) is 14.1 Å². The van der Waals surface area contributed by atoms with E-state index in [-0.39, 0.29) is 0 Å². The van der Waals surface area contributed by atoms with Crippen molar-refractivity contribution in [1.82, 2.24) is 14.1 Å². The molecule has 0 spiro atoms. The highest BCUT2D eigenvalue weighted by Gasteiger charge is 2.19. The number of nitrogens with zero attached hydrogens (tertiary/aromatic N) is 4. The van der Waals surface area contributed by atoms with Gasteiger partial charge in [0.1, 0.15) is 0 Å². The Morgan fingerprint density at radius 2 is 1.26 bits per heavy atom. The van der Waals surface area contributed by atoms with Gasteiger partial charge in [-0.25, -0.2) is 4.85 Å². The molecule has 4 nitrogen and oxygen atoms in total. The number of para-hydroxylation sites is 1. The van der Waals surface area contributed by atoms with E-state index in [9.17, 15) is 0 Å². The summed E-state index contributed by atoms with van der Waals surface area (Å²) in [7, 11) is 0. The molecule has 0 radical (unpaired) electrons. The first-order valence-electron chi connectivity index (χ1n) is 15.6. The van der Waals surface area contributed by atoms with E-state index in [1.807, 2.05) is 35.7 Å². The van der Waals surface area contributed by atoms with E-state index < -0.39 is 0 Å². The normalized spacial score (nSPS) is 11.8. The molecule has 0 fully saturated rings. The van der Waals surface area contributed by atoms with Gasteiger partial charge >= 0.3 is 0 Å². The van der Waals surface area contributed by atoms with Crippen molar-refractivity contribution in [1.29, 1.82) is 0 Å². The van der Waals surface area contributed by atoms with Gasteiger partial charge in [0.2, 0.25) is 0 Å². The number of aromatic nitrogens is 3. The second-order valence-electron chi connectivity index (χ2n) is 11.9. The summed E-state index contributed by atoms with van der Waals surface area (Å²) in [6, 6.07) is 49.4. The van der Waals surface area contributed by atoms with Crippen molar-refractivity contribution in [2.24, 2.45) is 0 Å². The van der Waals surface area contributed by atoms with E-state index in [1.165, 1.54) is 25.7 Å². The molecule has 0 saturated carbocycles. The summed E-state index contributed by atoms with van der Waals surface area (Å²) in [5.74, 6) is 0. The zero-order valence-corrected chi connectivity index (χ0v) is 25.9. The number of pyridine rings is 1. The summed E-state index contributed by atoms with van der Waals surface area (Å²) < 4.78 is 7.28. The van der Waals surface area contributed by atoms with E-state index in [4.69, 9.17) is 11.6 Å². The molecule has 0 aliphatic heterocycles. The molecule has 218 valence electrons. The molecule has 0 aliphatic carbocycles. The van der Waals surface area contributed by atoms with Crippen molar-refractivity contribution >= 4 is 80.9 Å². The number of rotatable bonds is 3. The molecule has 0 atom stereocenters. The van der Waals surface area contributed by atoms with Crippen molar-refractivity contribution in [2.45, 2.75) is 0 Å². The number of hydrogen-bond acceptors (Lipinski definition) is 2. The van der Waals surface area contributed by atoms with Gasteiger partial charge in [0.15, 0.2) is 5.69 Å². The quantitative estimate of drug-likeness (QED) is 0.181. The maximum Gasteiger partial charge on any atom is 0.188 e. The lowest BCUT2D eigenvalue weighted by molar-refractivity contribution is 1.18. The van der Waals surface area contributed by atoms with Gasteiger partial charge in [-0.3, -0.25) is 4.98 Å². The summed E-state index contributed by atoms with van der Waals surface area (Å²) in [4.78, 5) is 8.57. The molecule has 4 aromatic heterocycles. The summed E-state index contributed by atoms with van der Waals surface area (Å²) in [6.07, 6.45) is 1.89. The minimum Gasteiger partial charge on any atom is -0.309 e. The monoisotopic (exact) mass is 616 g/mol. The van der Waals surface area contributed by atoms with Gasteiger partial charge < -0.3 is 9.13 Å². The van der Waals surface area contributed by atoms with Gasteiger partial charge in [-0.15, -0.1) is 11.3 Å². The van der Waals surface area contributed by atoms with Crippen LogP contribution in [0.3, 0.4) is 0 Å². The van der Waals surface area contributed by atoms with Gasteiger partial charge in [-0.05, 0) is 89.3 Å². The summed E-state index contributed by atoms with van der Waals surface area (Å²) in [5, 5.41) is 5.96. The van der Waals surface area contributed by atoms with Crippen LogP contribution in [0.4, 0.5) is 5.69 Å². The lowest BCUT2D eigenvalue weighted by Gasteiger charge is -2.13. The van der Waals surface area contributed by atoms with E-state index >= 15 is 0 Å². The van der Waals surface area contributed by atoms with Crippen LogP contribution in [0.2, 0.25) is 0 Å². The highest BCUT2D eigenvalue weighted by atomic mass is 32.1. The molecule has 0 unspecified atom stereocenters. The average molecular weight is 617 g/mol. The second kappa shape index (κ2) is 9.89. The smallest absolute Gasteiger partial charge is 0.188 e. The Bertz CT molecular complexity index is 2930. The Balaban J connectivity index is 1.20. The summed E-state index contributed by atoms with van der Waals surface area (Å²) in [5.41, 5.74) is 10.6. The predicted octanol–water partition coefficient (Wildman–Crippen LogP) is 11.9. The van der Waals surface area contributed by atoms with Crippen LogP contribution in [0.25, 0.3) is 91.3 Å². The van der Waals surface area contributed by atoms with Gasteiger partial charge in [-0.2, -0.15) is 0 Å². The molecule has 47 heavy (non-hydrogen) atoms. The summed E-state index contributed by atoms with van der Waals surface area (Å²) in [6.45, 7) is 7.56. The lowest BCUT2D eigenvalue weighted by Crippen LogP contribution is -1.96. The molecular formula is C42H24N4S. The molecule has 0 aliphatic rings. The van der Waals surface area contributed by atoms with Crippen LogP contribution < -0.4 is 0 Å². The van der Waals surface area contributed by atoms with Crippen molar-refractivity contribution in [3.63, 3.8) is 0 Å². The minimum atomic E-state index is 0.652. The highest BCUT2D eigenvalue weighted by Crippen LogP contribution is 2.43. The fourth-order valence-electron chi connectivity index (χ4n) is 7.35.